The van der Waals surface area contributed by atoms with Crippen LogP contribution < -0.4 is 0 Å². The van der Waals surface area contributed by atoms with Crippen LogP contribution in [0.3, 0.4) is 0 Å². The topological polar surface area (TPSA) is 95.7 Å². The summed E-state index contributed by atoms with van der Waals surface area (Å²) in [5.74, 6) is -1.04. The number of hydrogen-bond donors (Lipinski definition) is 0. The maximum atomic E-state index is 12.3. The van der Waals surface area contributed by atoms with Gasteiger partial charge in [0.15, 0.2) is 0 Å². The molecule has 0 saturated heterocycles. The Morgan fingerprint density at radius 2 is 1.35 bits per heavy atom. The van der Waals surface area contributed by atoms with Gasteiger partial charge in [0.05, 0.1) is 16.1 Å². The smallest absolute Gasteiger partial charge is 0.338 e. The number of rotatable bonds is 5. The van der Waals surface area contributed by atoms with E-state index in [2.05, 4.69) is 0 Å². The van der Waals surface area contributed by atoms with Crippen LogP contribution in [0.2, 0.25) is 0 Å². The van der Waals surface area contributed by atoms with Crippen LogP contribution in [0.4, 0.5) is 5.69 Å². The van der Waals surface area contributed by atoms with E-state index in [9.17, 15) is 19.7 Å². The maximum absolute atomic E-state index is 12.3. The van der Waals surface area contributed by atoms with E-state index >= 15 is 0 Å². The second-order valence-corrected chi connectivity index (χ2v) is 5.99. The summed E-state index contributed by atoms with van der Waals surface area (Å²) in [6, 6.07) is 13.8. The highest BCUT2D eigenvalue weighted by Gasteiger charge is 2.34. The van der Waals surface area contributed by atoms with Gasteiger partial charge in [0.2, 0.25) is 0 Å². The molecule has 0 amide bonds. The molecular formula is C19H17NO6. The molecule has 0 aliphatic heterocycles. The molecule has 26 heavy (non-hydrogen) atoms. The highest BCUT2D eigenvalue weighted by molar-refractivity contribution is 5.90. The van der Waals surface area contributed by atoms with Crippen LogP contribution >= 0.6 is 0 Å². The summed E-state index contributed by atoms with van der Waals surface area (Å²) in [5, 5.41) is 10.7. The highest BCUT2D eigenvalue weighted by atomic mass is 16.6. The van der Waals surface area contributed by atoms with Crippen molar-refractivity contribution in [1.29, 1.82) is 0 Å². The van der Waals surface area contributed by atoms with E-state index in [4.69, 9.17) is 9.47 Å². The summed E-state index contributed by atoms with van der Waals surface area (Å²) in [6.45, 7) is 0. The Labute approximate surface area is 149 Å². The first kappa shape index (κ1) is 17.6. The Morgan fingerprint density at radius 1 is 0.846 bits per heavy atom. The number of carbonyl (C=O) groups is 2. The molecule has 2 aromatic rings. The van der Waals surface area contributed by atoms with Crippen molar-refractivity contribution in [3.63, 3.8) is 0 Å². The average Bonchev–Trinajstić information content (AvgIpc) is 3.09. The molecule has 7 heteroatoms. The standard InChI is InChI=1S/C19H17NO6/c21-18(13-5-2-1-3-6-13)25-16-7-4-8-17(16)26-19(22)14-9-11-15(12-10-14)20(23)24/h1-3,5-6,9-12,16-17H,4,7-8H2/t16-,17-/m1/s1. The zero-order chi connectivity index (χ0) is 18.5. The molecule has 134 valence electrons. The number of carbonyl (C=O) groups excluding carboxylic acids is 2. The van der Waals surface area contributed by atoms with Crippen LogP contribution in [-0.4, -0.2) is 29.1 Å². The third-order valence-electron chi connectivity index (χ3n) is 4.23. The zero-order valence-corrected chi connectivity index (χ0v) is 13.9. The van der Waals surface area contributed by atoms with Crippen molar-refractivity contribution in [2.24, 2.45) is 0 Å². The molecule has 0 radical (unpaired) electrons. The van der Waals surface area contributed by atoms with Crippen molar-refractivity contribution in [3.05, 3.63) is 75.8 Å². The minimum Gasteiger partial charge on any atom is -0.455 e. The fourth-order valence-electron chi connectivity index (χ4n) is 2.87. The van der Waals surface area contributed by atoms with Crippen LogP contribution in [0.1, 0.15) is 40.0 Å². The zero-order valence-electron chi connectivity index (χ0n) is 13.9. The number of non-ortho nitro benzene ring substituents is 1. The predicted molar refractivity (Wildman–Crippen MR) is 91.8 cm³/mol. The minimum absolute atomic E-state index is 0.0999. The van der Waals surface area contributed by atoms with Crippen LogP contribution in [0.25, 0.3) is 0 Å². The largest absolute Gasteiger partial charge is 0.455 e. The van der Waals surface area contributed by atoms with Gasteiger partial charge in [-0.2, -0.15) is 0 Å². The molecule has 0 aromatic heterocycles. The monoisotopic (exact) mass is 355 g/mol. The lowest BCUT2D eigenvalue weighted by atomic mass is 10.2. The van der Waals surface area contributed by atoms with Crippen molar-refractivity contribution in [2.75, 3.05) is 0 Å². The van der Waals surface area contributed by atoms with Crippen molar-refractivity contribution in [1.82, 2.24) is 0 Å². The van der Waals surface area contributed by atoms with Crippen molar-refractivity contribution >= 4 is 17.6 Å². The van der Waals surface area contributed by atoms with E-state index in [-0.39, 0.29) is 11.3 Å². The van der Waals surface area contributed by atoms with Crippen molar-refractivity contribution in [2.45, 2.75) is 31.5 Å². The van der Waals surface area contributed by atoms with Gasteiger partial charge in [0.25, 0.3) is 5.69 Å². The second kappa shape index (κ2) is 7.77. The molecule has 0 N–H and O–H groups in total. The fraction of sp³-hybridized carbons (Fsp3) is 0.263. The van der Waals surface area contributed by atoms with Gasteiger partial charge in [0.1, 0.15) is 12.2 Å². The van der Waals surface area contributed by atoms with E-state index in [1.807, 2.05) is 0 Å². The SMILES string of the molecule is O=C(O[C@@H]1CCC[C@H]1OC(=O)c1ccc([N+](=O)[O-])cc1)c1ccccc1. The average molecular weight is 355 g/mol. The molecule has 3 rings (SSSR count). The minimum atomic E-state index is -0.590. The molecule has 0 spiro atoms. The predicted octanol–water partition coefficient (Wildman–Crippen LogP) is 3.53. The third-order valence-corrected chi connectivity index (χ3v) is 4.23. The number of esters is 2. The lowest BCUT2D eigenvalue weighted by Crippen LogP contribution is -2.30. The quantitative estimate of drug-likeness (QED) is 0.462. The number of hydrogen-bond acceptors (Lipinski definition) is 6. The molecule has 1 saturated carbocycles. The van der Waals surface area contributed by atoms with E-state index in [0.717, 1.165) is 6.42 Å². The first-order chi connectivity index (χ1) is 12.5. The second-order valence-electron chi connectivity index (χ2n) is 5.99. The Bertz CT molecular complexity index is 803. The summed E-state index contributed by atoms with van der Waals surface area (Å²) in [4.78, 5) is 34.6. The van der Waals surface area contributed by atoms with Gasteiger partial charge in [-0.25, -0.2) is 9.59 Å². The van der Waals surface area contributed by atoms with Crippen LogP contribution in [0, 0.1) is 10.1 Å². The number of nitro benzene ring substituents is 1. The Hall–Kier alpha value is -3.22. The molecule has 0 heterocycles. The summed E-state index contributed by atoms with van der Waals surface area (Å²) < 4.78 is 11.0. The summed E-state index contributed by atoms with van der Waals surface area (Å²) in [5.41, 5.74) is 0.563. The molecule has 2 aromatic carbocycles. The van der Waals surface area contributed by atoms with Gasteiger partial charge >= 0.3 is 11.9 Å². The molecule has 1 aliphatic rings. The van der Waals surface area contributed by atoms with Gasteiger partial charge in [-0.3, -0.25) is 10.1 Å². The van der Waals surface area contributed by atoms with E-state index in [0.29, 0.717) is 18.4 Å². The number of benzene rings is 2. The number of ether oxygens (including phenoxy) is 2. The molecular weight excluding hydrogens is 338 g/mol. The van der Waals surface area contributed by atoms with Crippen LogP contribution in [0.15, 0.2) is 54.6 Å². The molecule has 1 aliphatic carbocycles. The van der Waals surface area contributed by atoms with Gasteiger partial charge in [-0.15, -0.1) is 0 Å². The fourth-order valence-corrected chi connectivity index (χ4v) is 2.87. The van der Waals surface area contributed by atoms with Crippen molar-refractivity contribution in [3.8, 4) is 0 Å². The van der Waals surface area contributed by atoms with E-state index in [1.54, 1.807) is 30.3 Å². The summed E-state index contributed by atoms with van der Waals surface area (Å²) in [6.07, 6.45) is 0.989. The first-order valence-corrected chi connectivity index (χ1v) is 8.26. The van der Waals surface area contributed by atoms with Gasteiger partial charge in [-0.1, -0.05) is 18.2 Å². The molecule has 7 nitrogen and oxygen atoms in total. The van der Waals surface area contributed by atoms with Gasteiger partial charge in [0, 0.05) is 12.1 Å². The van der Waals surface area contributed by atoms with Gasteiger partial charge in [-0.05, 0) is 43.5 Å². The van der Waals surface area contributed by atoms with E-state index < -0.39 is 29.1 Å². The lowest BCUT2D eigenvalue weighted by molar-refractivity contribution is -0.384. The van der Waals surface area contributed by atoms with Gasteiger partial charge < -0.3 is 9.47 Å². The summed E-state index contributed by atoms with van der Waals surface area (Å²) >= 11 is 0. The number of nitro groups is 1. The van der Waals surface area contributed by atoms with Crippen LogP contribution in [-0.2, 0) is 9.47 Å². The normalized spacial score (nSPS) is 18.9. The van der Waals surface area contributed by atoms with E-state index in [1.165, 1.54) is 24.3 Å². The first-order valence-electron chi connectivity index (χ1n) is 8.26. The van der Waals surface area contributed by atoms with Crippen molar-refractivity contribution < 1.29 is 24.0 Å². The molecule has 1 fully saturated rings. The molecule has 0 bridgehead atoms. The lowest BCUT2D eigenvalue weighted by Gasteiger charge is -2.20. The maximum Gasteiger partial charge on any atom is 0.338 e. The molecule has 2 atom stereocenters. The Balaban J connectivity index is 1.62. The number of nitrogens with zero attached hydrogens (tertiary/aromatic N) is 1. The Kier molecular flexibility index (Phi) is 5.26. The highest BCUT2D eigenvalue weighted by Crippen LogP contribution is 2.27. The third kappa shape index (κ3) is 4.05. The van der Waals surface area contributed by atoms with Crippen LogP contribution in [0.5, 0.6) is 0 Å². The summed E-state index contributed by atoms with van der Waals surface area (Å²) in [7, 11) is 0. The Morgan fingerprint density at radius 3 is 1.85 bits per heavy atom. The molecule has 0 unspecified atom stereocenters.